The van der Waals surface area contributed by atoms with Gasteiger partial charge >= 0.3 is 0 Å². The summed E-state index contributed by atoms with van der Waals surface area (Å²) in [6, 6.07) is 25.5. The van der Waals surface area contributed by atoms with Gasteiger partial charge in [-0.3, -0.25) is 4.79 Å². The molecular weight excluding hydrogens is 390 g/mol. The number of hydrogen-bond donors (Lipinski definition) is 1. The van der Waals surface area contributed by atoms with Crippen LogP contribution in [0.25, 0.3) is 0 Å². The quantitative estimate of drug-likeness (QED) is 0.595. The van der Waals surface area contributed by atoms with Gasteiger partial charge in [0.05, 0.1) is 4.47 Å². The van der Waals surface area contributed by atoms with Gasteiger partial charge in [-0.25, -0.2) is 0 Å². The molecule has 132 valence electrons. The molecule has 0 fully saturated rings. The summed E-state index contributed by atoms with van der Waals surface area (Å²) in [5, 5.41) is 2.95. The average molecular weight is 410 g/mol. The Hall–Kier alpha value is -2.59. The van der Waals surface area contributed by atoms with E-state index in [9.17, 15) is 4.79 Å². The molecule has 0 aliphatic carbocycles. The van der Waals surface area contributed by atoms with Crippen LogP contribution in [0.5, 0.6) is 5.75 Å². The fourth-order valence-corrected chi connectivity index (χ4v) is 3.05. The molecule has 3 nitrogen and oxygen atoms in total. The standard InChI is InChI=1S/C22H20BrNO2/c23-20-15-19(22(25)24-14-13-17-7-3-1-4-8-17)11-12-21(20)26-16-18-9-5-2-6-10-18/h1-12,15H,13-14,16H2,(H,24,25). The second-order valence-electron chi connectivity index (χ2n) is 5.91. The van der Waals surface area contributed by atoms with Crippen molar-refractivity contribution in [3.05, 3.63) is 100 Å². The third-order valence-corrected chi connectivity index (χ3v) is 4.59. The topological polar surface area (TPSA) is 38.3 Å². The summed E-state index contributed by atoms with van der Waals surface area (Å²) >= 11 is 3.49. The van der Waals surface area contributed by atoms with E-state index in [1.165, 1.54) is 5.56 Å². The maximum Gasteiger partial charge on any atom is 0.251 e. The number of rotatable bonds is 7. The average Bonchev–Trinajstić information content (AvgIpc) is 2.68. The number of halogens is 1. The monoisotopic (exact) mass is 409 g/mol. The number of hydrogen-bond acceptors (Lipinski definition) is 2. The molecule has 1 amide bonds. The van der Waals surface area contributed by atoms with Crippen LogP contribution < -0.4 is 10.1 Å². The fourth-order valence-electron chi connectivity index (χ4n) is 2.56. The van der Waals surface area contributed by atoms with Gasteiger partial charge in [0.1, 0.15) is 12.4 Å². The fraction of sp³-hybridized carbons (Fsp3) is 0.136. The SMILES string of the molecule is O=C(NCCc1ccccc1)c1ccc(OCc2ccccc2)c(Br)c1. The van der Waals surface area contributed by atoms with Gasteiger partial charge in [-0.05, 0) is 51.7 Å². The molecule has 0 aliphatic heterocycles. The molecule has 0 saturated carbocycles. The molecule has 0 spiro atoms. The third-order valence-electron chi connectivity index (χ3n) is 3.97. The Balaban J connectivity index is 1.53. The zero-order valence-corrected chi connectivity index (χ0v) is 15.9. The Kier molecular flexibility index (Phi) is 6.45. The Morgan fingerprint density at radius 2 is 1.54 bits per heavy atom. The molecule has 3 rings (SSSR count). The largest absolute Gasteiger partial charge is 0.488 e. The zero-order chi connectivity index (χ0) is 18.2. The van der Waals surface area contributed by atoms with E-state index in [2.05, 4.69) is 33.4 Å². The van der Waals surface area contributed by atoms with E-state index in [1.54, 1.807) is 12.1 Å². The molecule has 0 atom stereocenters. The minimum absolute atomic E-state index is 0.0868. The Bertz CT molecular complexity index is 851. The lowest BCUT2D eigenvalue weighted by Gasteiger charge is -2.10. The highest BCUT2D eigenvalue weighted by Crippen LogP contribution is 2.26. The molecule has 0 aliphatic rings. The summed E-state index contributed by atoms with van der Waals surface area (Å²) < 4.78 is 6.59. The van der Waals surface area contributed by atoms with Gasteiger partial charge in [0.2, 0.25) is 0 Å². The normalized spacial score (nSPS) is 10.3. The maximum atomic E-state index is 12.3. The Morgan fingerprint density at radius 1 is 0.885 bits per heavy atom. The summed E-state index contributed by atoms with van der Waals surface area (Å²) in [7, 11) is 0. The second-order valence-corrected chi connectivity index (χ2v) is 6.77. The van der Waals surface area contributed by atoms with Crippen LogP contribution in [-0.4, -0.2) is 12.5 Å². The van der Waals surface area contributed by atoms with Crippen LogP contribution in [-0.2, 0) is 13.0 Å². The lowest BCUT2D eigenvalue weighted by Crippen LogP contribution is -2.25. The van der Waals surface area contributed by atoms with Gasteiger partial charge in [-0.15, -0.1) is 0 Å². The molecule has 1 N–H and O–H groups in total. The van der Waals surface area contributed by atoms with E-state index in [1.807, 2.05) is 54.6 Å². The van der Waals surface area contributed by atoms with E-state index in [-0.39, 0.29) is 5.91 Å². The molecule has 0 saturated heterocycles. The summed E-state index contributed by atoms with van der Waals surface area (Å²) in [6.45, 7) is 1.09. The van der Waals surface area contributed by atoms with Gasteiger partial charge in [-0.1, -0.05) is 60.7 Å². The highest BCUT2D eigenvalue weighted by Gasteiger charge is 2.09. The van der Waals surface area contributed by atoms with Crippen molar-refractivity contribution in [3.63, 3.8) is 0 Å². The van der Waals surface area contributed by atoms with Crippen molar-refractivity contribution in [2.45, 2.75) is 13.0 Å². The molecule has 4 heteroatoms. The van der Waals surface area contributed by atoms with Crippen molar-refractivity contribution >= 4 is 21.8 Å². The summed E-state index contributed by atoms with van der Waals surface area (Å²) in [4.78, 5) is 12.3. The number of nitrogens with one attached hydrogen (secondary N) is 1. The third kappa shape index (κ3) is 5.20. The van der Waals surface area contributed by atoms with Crippen molar-refractivity contribution in [2.75, 3.05) is 6.54 Å². The first kappa shape index (κ1) is 18.2. The smallest absolute Gasteiger partial charge is 0.251 e. The van der Waals surface area contributed by atoms with Crippen molar-refractivity contribution in [2.24, 2.45) is 0 Å². The second kappa shape index (κ2) is 9.20. The first-order valence-electron chi connectivity index (χ1n) is 8.51. The molecule has 0 aromatic heterocycles. The first-order valence-corrected chi connectivity index (χ1v) is 9.30. The van der Waals surface area contributed by atoms with Crippen molar-refractivity contribution in [1.29, 1.82) is 0 Å². The summed E-state index contributed by atoms with van der Waals surface area (Å²) in [6.07, 6.45) is 0.812. The molecule has 26 heavy (non-hydrogen) atoms. The van der Waals surface area contributed by atoms with E-state index in [4.69, 9.17) is 4.74 Å². The van der Waals surface area contributed by atoms with Crippen LogP contribution >= 0.6 is 15.9 Å². The number of amides is 1. The predicted molar refractivity (Wildman–Crippen MR) is 107 cm³/mol. The van der Waals surface area contributed by atoms with Crippen LogP contribution in [0.2, 0.25) is 0 Å². The van der Waals surface area contributed by atoms with E-state index < -0.39 is 0 Å². The van der Waals surface area contributed by atoms with E-state index in [0.29, 0.717) is 18.7 Å². The van der Waals surface area contributed by atoms with Crippen LogP contribution in [0.15, 0.2) is 83.3 Å². The highest BCUT2D eigenvalue weighted by molar-refractivity contribution is 9.10. The number of ether oxygens (including phenoxy) is 1. The molecule has 3 aromatic rings. The maximum absolute atomic E-state index is 12.3. The van der Waals surface area contributed by atoms with Gasteiger partial charge in [0, 0.05) is 12.1 Å². The Labute approximate surface area is 162 Å². The molecule has 3 aromatic carbocycles. The molecular formula is C22H20BrNO2. The number of carbonyl (C=O) groups is 1. The van der Waals surface area contributed by atoms with Crippen LogP contribution in [0.3, 0.4) is 0 Å². The molecule has 0 bridgehead atoms. The molecule has 0 unspecified atom stereocenters. The van der Waals surface area contributed by atoms with E-state index >= 15 is 0 Å². The summed E-state index contributed by atoms with van der Waals surface area (Å²) in [5.41, 5.74) is 2.91. The van der Waals surface area contributed by atoms with Gasteiger partial charge in [0.25, 0.3) is 5.91 Å². The van der Waals surface area contributed by atoms with Crippen LogP contribution in [0.1, 0.15) is 21.5 Å². The van der Waals surface area contributed by atoms with Crippen molar-refractivity contribution < 1.29 is 9.53 Å². The highest BCUT2D eigenvalue weighted by atomic mass is 79.9. The molecule has 0 radical (unpaired) electrons. The van der Waals surface area contributed by atoms with Crippen molar-refractivity contribution in [3.8, 4) is 5.75 Å². The van der Waals surface area contributed by atoms with Gasteiger partial charge in [-0.2, -0.15) is 0 Å². The van der Waals surface area contributed by atoms with E-state index in [0.717, 1.165) is 22.2 Å². The van der Waals surface area contributed by atoms with Gasteiger partial charge < -0.3 is 10.1 Å². The predicted octanol–water partition coefficient (Wildman–Crippen LogP) is 5.00. The minimum Gasteiger partial charge on any atom is -0.488 e. The first-order chi connectivity index (χ1) is 12.7. The van der Waals surface area contributed by atoms with Crippen LogP contribution in [0, 0.1) is 0 Å². The number of benzene rings is 3. The number of carbonyl (C=O) groups excluding carboxylic acids is 1. The Morgan fingerprint density at radius 3 is 2.19 bits per heavy atom. The van der Waals surface area contributed by atoms with Gasteiger partial charge in [0.15, 0.2) is 0 Å². The van der Waals surface area contributed by atoms with Crippen molar-refractivity contribution in [1.82, 2.24) is 5.32 Å². The zero-order valence-electron chi connectivity index (χ0n) is 14.3. The minimum atomic E-state index is -0.0868. The lowest BCUT2D eigenvalue weighted by molar-refractivity contribution is 0.0954. The molecule has 0 heterocycles. The lowest BCUT2D eigenvalue weighted by atomic mass is 10.1. The summed E-state index contributed by atoms with van der Waals surface area (Å²) in [5.74, 6) is 0.630. The van der Waals surface area contributed by atoms with Crippen LogP contribution in [0.4, 0.5) is 0 Å².